The van der Waals surface area contributed by atoms with Crippen LogP contribution in [0.5, 0.6) is 0 Å². The van der Waals surface area contributed by atoms with Crippen molar-refractivity contribution in [2.45, 2.75) is 52.1 Å². The van der Waals surface area contributed by atoms with Crippen molar-refractivity contribution >= 4 is 31.5 Å². The third-order valence-electron chi connectivity index (χ3n) is 3.30. The van der Waals surface area contributed by atoms with Crippen LogP contribution in [0.1, 0.15) is 13.8 Å². The highest BCUT2D eigenvalue weighted by atomic mass is 28.4. The first-order chi connectivity index (χ1) is 10.4. The van der Waals surface area contributed by atoms with Crippen molar-refractivity contribution in [1.82, 2.24) is 0 Å². The van der Waals surface area contributed by atoms with Crippen LogP contribution in [-0.4, -0.2) is 52.8 Å². The lowest BCUT2D eigenvalue weighted by Gasteiger charge is -2.35. The maximum Gasteiger partial charge on any atom is 0.499 e. The number of carbonyl (C=O) groups is 1. The Morgan fingerprint density at radius 1 is 0.913 bits per heavy atom. The Morgan fingerprint density at radius 3 is 1.78 bits per heavy atom. The monoisotopic (exact) mass is 380 g/mol. The van der Waals surface area contributed by atoms with Crippen molar-refractivity contribution < 1.29 is 26.6 Å². The van der Waals surface area contributed by atoms with E-state index in [9.17, 15) is 4.79 Å². The minimum absolute atomic E-state index is 0.0279. The van der Waals surface area contributed by atoms with Crippen LogP contribution in [-0.2, 0) is 26.6 Å². The van der Waals surface area contributed by atoms with Gasteiger partial charge in [0.15, 0.2) is 14.1 Å². The van der Waals surface area contributed by atoms with E-state index in [-0.39, 0.29) is 5.78 Å². The topological polar surface area (TPSA) is 63.2 Å². The summed E-state index contributed by atoms with van der Waals surface area (Å²) in [5, 5.41) is 0. The number of hydrogen-bond donors (Lipinski definition) is 0. The minimum atomic E-state index is -2.58. The summed E-state index contributed by atoms with van der Waals surface area (Å²) < 4.78 is 28.7. The Labute approximate surface area is 143 Å². The molecule has 0 rings (SSSR count). The smallest absolute Gasteiger partial charge is 0.499 e. The predicted octanol–water partition coefficient (Wildman–Crippen LogP) is 3.30. The quantitative estimate of drug-likeness (QED) is 0.311. The number of hydrogen-bond acceptors (Lipinski definition) is 6. The number of allylic oxidation sites excluding steroid dienone is 2. The molecule has 0 aromatic rings. The minimum Gasteiger partial charge on any atom is -0.525 e. The van der Waals surface area contributed by atoms with Gasteiger partial charge in [-0.2, -0.15) is 0 Å². The Balaban J connectivity index is 4.80. The van der Waals surface area contributed by atoms with E-state index in [2.05, 4.69) is 13.1 Å². The van der Waals surface area contributed by atoms with Crippen LogP contribution in [0.25, 0.3) is 0 Å². The van der Waals surface area contributed by atoms with Gasteiger partial charge in [0.1, 0.15) is 0 Å². The fourth-order valence-corrected chi connectivity index (χ4v) is 13.9. The second kappa shape index (κ2) is 9.25. The van der Waals surface area contributed by atoms with Gasteiger partial charge in [-0.25, -0.2) is 0 Å². The van der Waals surface area contributed by atoms with Gasteiger partial charge < -0.3 is 21.8 Å². The van der Waals surface area contributed by atoms with Gasteiger partial charge in [-0.1, -0.05) is 0 Å². The Hall–Kier alpha value is -0.299. The van der Waals surface area contributed by atoms with E-state index in [1.165, 1.54) is 13.0 Å². The van der Waals surface area contributed by atoms with E-state index >= 15 is 0 Å². The summed E-state index contributed by atoms with van der Waals surface area (Å²) >= 11 is 0. The number of ketones is 1. The van der Waals surface area contributed by atoms with Crippen LogP contribution in [0.3, 0.4) is 0 Å². The van der Waals surface area contributed by atoms with E-state index in [0.29, 0.717) is 11.8 Å². The molecule has 9 heteroatoms. The molecule has 0 aliphatic rings. The Kier molecular flexibility index (Phi) is 9.13. The maximum atomic E-state index is 11.1. The van der Waals surface area contributed by atoms with Crippen molar-refractivity contribution in [3.05, 3.63) is 11.8 Å². The fourth-order valence-electron chi connectivity index (χ4n) is 2.45. The van der Waals surface area contributed by atoms with Crippen LogP contribution in [0.4, 0.5) is 0 Å². The van der Waals surface area contributed by atoms with E-state index in [1.54, 1.807) is 28.3 Å². The zero-order chi connectivity index (χ0) is 18.3. The molecule has 0 amide bonds. The van der Waals surface area contributed by atoms with Gasteiger partial charge in [-0.05, 0) is 46.1 Å². The Morgan fingerprint density at radius 2 is 1.39 bits per heavy atom. The molecule has 0 saturated carbocycles. The molecule has 0 heterocycles. The Bertz CT molecular complexity index is 410. The first kappa shape index (κ1) is 22.7. The van der Waals surface area contributed by atoms with Gasteiger partial charge in [-0.3, -0.25) is 4.79 Å². The average molecular weight is 381 g/mol. The summed E-state index contributed by atoms with van der Waals surface area (Å²) in [4.78, 5) is 11.1. The normalized spacial score (nSPS) is 14.0. The van der Waals surface area contributed by atoms with Gasteiger partial charge in [0.2, 0.25) is 0 Å². The standard InChI is InChI=1S/C14H32O6Si3/c1-13(15)12-14(2)19-22(8,9)20-21(6,7)10-11-23(16-3,17-4)18-5/h12H,10-11H2,1-9H3/b14-12-. The molecule has 0 bridgehead atoms. The first-order valence-electron chi connectivity index (χ1n) is 7.64. The highest BCUT2D eigenvalue weighted by Crippen LogP contribution is 2.26. The molecule has 0 spiro atoms. The zero-order valence-corrected chi connectivity index (χ0v) is 18.9. The molecule has 0 radical (unpaired) electrons. The number of carbonyl (C=O) groups excluding carboxylic acids is 1. The first-order valence-corrected chi connectivity index (χ1v) is 15.5. The predicted molar refractivity (Wildman–Crippen MR) is 98.0 cm³/mol. The second-order valence-corrected chi connectivity index (χ2v) is 17.5. The van der Waals surface area contributed by atoms with E-state index in [1.807, 2.05) is 13.1 Å². The highest BCUT2D eigenvalue weighted by Gasteiger charge is 2.43. The maximum absolute atomic E-state index is 11.1. The van der Waals surface area contributed by atoms with Crippen LogP contribution < -0.4 is 0 Å². The average Bonchev–Trinajstić information content (AvgIpc) is 2.37. The summed E-state index contributed by atoms with van der Waals surface area (Å²) in [6.07, 6.45) is 1.49. The summed E-state index contributed by atoms with van der Waals surface area (Å²) in [5.74, 6) is 0.577. The molecule has 0 aromatic carbocycles. The zero-order valence-electron chi connectivity index (χ0n) is 15.9. The molecule has 0 saturated heterocycles. The van der Waals surface area contributed by atoms with Crippen molar-refractivity contribution in [2.75, 3.05) is 21.3 Å². The molecule has 0 unspecified atom stereocenters. The molecule has 23 heavy (non-hydrogen) atoms. The lowest BCUT2D eigenvalue weighted by atomic mass is 10.4. The largest absolute Gasteiger partial charge is 0.525 e. The van der Waals surface area contributed by atoms with Gasteiger partial charge in [0.25, 0.3) is 0 Å². The van der Waals surface area contributed by atoms with Crippen molar-refractivity contribution in [2.24, 2.45) is 0 Å². The third kappa shape index (κ3) is 8.94. The number of rotatable bonds is 11. The van der Waals surface area contributed by atoms with Gasteiger partial charge in [0.05, 0.1) is 5.76 Å². The third-order valence-corrected chi connectivity index (χ3v) is 13.0. The van der Waals surface area contributed by atoms with Crippen molar-refractivity contribution in [1.29, 1.82) is 0 Å². The van der Waals surface area contributed by atoms with Gasteiger partial charge in [-0.15, -0.1) is 0 Å². The fraction of sp³-hybridized carbons (Fsp3) is 0.786. The van der Waals surface area contributed by atoms with Crippen molar-refractivity contribution in [3.63, 3.8) is 0 Å². The molecule has 6 nitrogen and oxygen atoms in total. The van der Waals surface area contributed by atoms with Gasteiger partial charge in [0, 0.05) is 33.4 Å². The van der Waals surface area contributed by atoms with Crippen LogP contribution in [0.2, 0.25) is 38.3 Å². The van der Waals surface area contributed by atoms with E-state index in [0.717, 1.165) is 6.04 Å². The van der Waals surface area contributed by atoms with E-state index < -0.39 is 25.7 Å². The second-order valence-electron chi connectivity index (χ2n) is 6.52. The molecule has 0 aliphatic heterocycles. The molecule has 0 fully saturated rings. The SMILES string of the molecule is CO[Si](CC[Si](C)(C)O[Si](C)(C)O/C(C)=C\C(C)=O)(OC)OC. The molecule has 0 atom stereocenters. The summed E-state index contributed by atoms with van der Waals surface area (Å²) in [5.41, 5.74) is 0. The van der Waals surface area contributed by atoms with Crippen molar-refractivity contribution in [3.8, 4) is 0 Å². The summed E-state index contributed by atoms with van der Waals surface area (Å²) in [7, 11) is -2.08. The van der Waals surface area contributed by atoms with Crippen LogP contribution in [0, 0.1) is 0 Å². The molecule has 0 N–H and O–H groups in total. The lowest BCUT2D eigenvalue weighted by molar-refractivity contribution is -0.112. The highest BCUT2D eigenvalue weighted by molar-refractivity contribution is 6.83. The molecule has 0 aromatic heterocycles. The molecule has 0 aliphatic carbocycles. The molecular formula is C14H32O6Si3. The summed E-state index contributed by atoms with van der Waals surface area (Å²) in [6, 6.07) is 1.56. The van der Waals surface area contributed by atoms with Crippen LogP contribution >= 0.6 is 0 Å². The molecule has 136 valence electrons. The van der Waals surface area contributed by atoms with Gasteiger partial charge >= 0.3 is 17.4 Å². The lowest BCUT2D eigenvalue weighted by Crippen LogP contribution is -2.49. The van der Waals surface area contributed by atoms with E-state index in [4.69, 9.17) is 21.8 Å². The van der Waals surface area contributed by atoms with Crippen LogP contribution in [0.15, 0.2) is 11.8 Å². The summed E-state index contributed by atoms with van der Waals surface area (Å²) in [6.45, 7) is 11.6. The molecular weight excluding hydrogens is 348 g/mol.